The van der Waals surface area contributed by atoms with Crippen LogP contribution in [0.2, 0.25) is 0 Å². The second kappa shape index (κ2) is 5.17. The molecule has 0 aromatic carbocycles. The molecular weight excluding hydrogens is 308 g/mol. The van der Waals surface area contributed by atoms with Gasteiger partial charge in [-0.25, -0.2) is 9.78 Å². The van der Waals surface area contributed by atoms with Crippen LogP contribution in [0.15, 0.2) is 41.3 Å². The average molecular weight is 323 g/mol. The van der Waals surface area contributed by atoms with Gasteiger partial charge in [0, 0.05) is 18.0 Å². The second-order valence-electron chi connectivity index (χ2n) is 5.11. The molecule has 0 N–H and O–H groups in total. The third-order valence-electron chi connectivity index (χ3n) is 2.36. The van der Waals surface area contributed by atoms with Crippen molar-refractivity contribution in [1.82, 2.24) is 9.55 Å². The fourth-order valence-electron chi connectivity index (χ4n) is 1.61. The predicted octanol–water partition coefficient (Wildman–Crippen LogP) is 4.10. The van der Waals surface area contributed by atoms with E-state index in [0.29, 0.717) is 0 Å². The number of halogens is 1. The maximum Gasteiger partial charge on any atom is 0.418 e. The summed E-state index contributed by atoms with van der Waals surface area (Å²) in [7, 11) is 0. The monoisotopic (exact) mass is 322 g/mol. The quantitative estimate of drug-likeness (QED) is 0.742. The van der Waals surface area contributed by atoms with Crippen molar-refractivity contribution in [2.75, 3.05) is 0 Å². The van der Waals surface area contributed by atoms with E-state index < -0.39 is 11.7 Å². The van der Waals surface area contributed by atoms with Crippen LogP contribution in [0.5, 0.6) is 0 Å². The van der Waals surface area contributed by atoms with E-state index in [1.165, 1.54) is 4.57 Å². The van der Waals surface area contributed by atoms with Crippen LogP contribution in [0.3, 0.4) is 0 Å². The third kappa shape index (κ3) is 3.44. The Balaban J connectivity index is 2.32. The highest BCUT2D eigenvalue weighted by Crippen LogP contribution is 2.22. The maximum atomic E-state index is 12.1. The van der Waals surface area contributed by atoms with Crippen molar-refractivity contribution < 1.29 is 9.53 Å². The molecule has 0 spiro atoms. The number of hydrogen-bond donors (Lipinski definition) is 0. The van der Waals surface area contributed by atoms with Crippen molar-refractivity contribution in [2.24, 2.45) is 0 Å². The second-order valence-corrected chi connectivity index (χ2v) is 5.93. The zero-order chi connectivity index (χ0) is 14.0. The number of nitrogens with zero attached hydrogens (tertiary/aromatic N) is 2. The molecule has 5 heteroatoms. The van der Waals surface area contributed by atoms with E-state index in [9.17, 15) is 4.79 Å². The molecule has 0 atom stereocenters. The van der Waals surface area contributed by atoms with Gasteiger partial charge in [0.05, 0.1) is 5.69 Å². The van der Waals surface area contributed by atoms with Crippen LogP contribution in [0.1, 0.15) is 20.8 Å². The summed E-state index contributed by atoms with van der Waals surface area (Å²) in [6.07, 6.45) is 3.00. The molecule has 2 aromatic heterocycles. The Labute approximate surface area is 120 Å². The molecular formula is C14H15BrN2O2. The molecule has 2 rings (SSSR count). The molecule has 100 valence electrons. The van der Waals surface area contributed by atoms with Gasteiger partial charge in [0.1, 0.15) is 10.2 Å². The lowest BCUT2D eigenvalue weighted by Gasteiger charge is -2.20. The van der Waals surface area contributed by atoms with Crippen molar-refractivity contribution in [3.05, 3.63) is 41.3 Å². The Kier molecular flexibility index (Phi) is 3.75. The van der Waals surface area contributed by atoms with Crippen molar-refractivity contribution >= 4 is 22.0 Å². The van der Waals surface area contributed by atoms with Gasteiger partial charge in [0.25, 0.3) is 0 Å². The van der Waals surface area contributed by atoms with E-state index >= 15 is 0 Å². The molecule has 0 amide bonds. The van der Waals surface area contributed by atoms with E-state index in [-0.39, 0.29) is 0 Å². The summed E-state index contributed by atoms with van der Waals surface area (Å²) in [6, 6.07) is 7.39. The first-order valence-electron chi connectivity index (χ1n) is 5.89. The standard InChI is InChI=1S/C14H15BrN2O2/c1-14(2,3)19-13(18)17-8-4-5-11(17)10-6-7-12(15)16-9-10/h4-9H,1-3H3. The molecule has 2 aromatic rings. The lowest BCUT2D eigenvalue weighted by molar-refractivity contribution is 0.0540. The summed E-state index contributed by atoms with van der Waals surface area (Å²) in [5.74, 6) is 0. The van der Waals surface area contributed by atoms with Gasteiger partial charge in [-0.1, -0.05) is 0 Å². The average Bonchev–Trinajstić information content (AvgIpc) is 2.76. The van der Waals surface area contributed by atoms with Crippen LogP contribution < -0.4 is 0 Å². The number of ether oxygens (including phenoxy) is 1. The minimum Gasteiger partial charge on any atom is -0.443 e. The normalized spacial score (nSPS) is 11.4. The van der Waals surface area contributed by atoms with Crippen molar-refractivity contribution in [3.63, 3.8) is 0 Å². The van der Waals surface area contributed by atoms with E-state index in [1.807, 2.05) is 39.0 Å². The Morgan fingerprint density at radius 2 is 2.05 bits per heavy atom. The van der Waals surface area contributed by atoms with E-state index in [2.05, 4.69) is 20.9 Å². The van der Waals surface area contributed by atoms with Crippen LogP contribution in [-0.2, 0) is 4.74 Å². The summed E-state index contributed by atoms with van der Waals surface area (Å²) in [5.41, 5.74) is 1.10. The van der Waals surface area contributed by atoms with Gasteiger partial charge >= 0.3 is 6.09 Å². The summed E-state index contributed by atoms with van der Waals surface area (Å²) in [4.78, 5) is 16.3. The zero-order valence-corrected chi connectivity index (χ0v) is 12.6. The smallest absolute Gasteiger partial charge is 0.418 e. The first kappa shape index (κ1) is 13.8. The van der Waals surface area contributed by atoms with E-state index in [4.69, 9.17) is 4.74 Å². The molecule has 0 aliphatic heterocycles. The van der Waals surface area contributed by atoms with Gasteiger partial charge in [-0.2, -0.15) is 0 Å². The fraction of sp³-hybridized carbons (Fsp3) is 0.286. The lowest BCUT2D eigenvalue weighted by Crippen LogP contribution is -2.27. The van der Waals surface area contributed by atoms with Crippen LogP contribution in [0, 0.1) is 0 Å². The molecule has 0 radical (unpaired) electrons. The maximum absolute atomic E-state index is 12.1. The number of rotatable bonds is 1. The van der Waals surface area contributed by atoms with E-state index in [1.54, 1.807) is 18.5 Å². The van der Waals surface area contributed by atoms with Crippen molar-refractivity contribution in [2.45, 2.75) is 26.4 Å². The minimum absolute atomic E-state index is 0.393. The Morgan fingerprint density at radius 3 is 2.63 bits per heavy atom. The fourth-order valence-corrected chi connectivity index (χ4v) is 1.85. The van der Waals surface area contributed by atoms with Gasteiger partial charge in [-0.05, 0) is 61.0 Å². The van der Waals surface area contributed by atoms with Crippen LogP contribution in [0.4, 0.5) is 4.79 Å². The first-order valence-corrected chi connectivity index (χ1v) is 6.69. The third-order valence-corrected chi connectivity index (χ3v) is 2.83. The van der Waals surface area contributed by atoms with Crippen LogP contribution in [-0.4, -0.2) is 21.2 Å². The number of pyridine rings is 1. The first-order chi connectivity index (χ1) is 8.87. The Morgan fingerprint density at radius 1 is 1.32 bits per heavy atom. The lowest BCUT2D eigenvalue weighted by atomic mass is 10.2. The summed E-state index contributed by atoms with van der Waals surface area (Å²) in [6.45, 7) is 5.53. The molecule has 0 saturated heterocycles. The molecule has 0 aliphatic rings. The molecule has 0 fully saturated rings. The molecule has 4 nitrogen and oxygen atoms in total. The summed E-state index contributed by atoms with van der Waals surface area (Å²) >= 11 is 3.29. The molecule has 0 bridgehead atoms. The highest BCUT2D eigenvalue weighted by Gasteiger charge is 2.19. The molecule has 2 heterocycles. The summed E-state index contributed by atoms with van der Waals surface area (Å²) < 4.78 is 7.60. The van der Waals surface area contributed by atoms with Gasteiger partial charge in [0.15, 0.2) is 0 Å². The molecule has 19 heavy (non-hydrogen) atoms. The number of carbonyl (C=O) groups is 1. The highest BCUT2D eigenvalue weighted by atomic mass is 79.9. The van der Waals surface area contributed by atoms with Gasteiger partial charge < -0.3 is 4.74 Å². The topological polar surface area (TPSA) is 44.1 Å². The largest absolute Gasteiger partial charge is 0.443 e. The van der Waals surface area contributed by atoms with Gasteiger partial charge in [0.2, 0.25) is 0 Å². The van der Waals surface area contributed by atoms with E-state index in [0.717, 1.165) is 15.9 Å². The van der Waals surface area contributed by atoms with Crippen LogP contribution >= 0.6 is 15.9 Å². The van der Waals surface area contributed by atoms with Gasteiger partial charge in [-0.15, -0.1) is 0 Å². The Hall–Kier alpha value is -1.62. The molecule has 0 aliphatic carbocycles. The van der Waals surface area contributed by atoms with Crippen LogP contribution in [0.25, 0.3) is 11.3 Å². The van der Waals surface area contributed by atoms with Gasteiger partial charge in [-0.3, -0.25) is 4.57 Å². The number of hydrogen-bond acceptors (Lipinski definition) is 3. The zero-order valence-electron chi connectivity index (χ0n) is 11.1. The van der Waals surface area contributed by atoms with Crippen molar-refractivity contribution in [3.8, 4) is 11.3 Å². The summed E-state index contributed by atoms with van der Waals surface area (Å²) in [5, 5.41) is 0. The number of carbonyl (C=O) groups excluding carboxylic acids is 1. The predicted molar refractivity (Wildman–Crippen MR) is 77.0 cm³/mol. The van der Waals surface area contributed by atoms with Crippen molar-refractivity contribution in [1.29, 1.82) is 0 Å². The highest BCUT2D eigenvalue weighted by molar-refractivity contribution is 9.10. The molecule has 0 unspecified atom stereocenters. The minimum atomic E-state index is -0.517. The SMILES string of the molecule is CC(C)(C)OC(=O)n1cccc1-c1ccc(Br)nc1. The number of aromatic nitrogens is 2. The molecule has 0 saturated carbocycles. The Bertz CT molecular complexity index is 582.